The molecule has 0 radical (unpaired) electrons. The lowest BCUT2D eigenvalue weighted by atomic mass is 9.91. The maximum absolute atomic E-state index is 5.68. The molecule has 3 unspecified atom stereocenters. The summed E-state index contributed by atoms with van der Waals surface area (Å²) in [5.74, 6) is 6.11. The highest BCUT2D eigenvalue weighted by Crippen LogP contribution is 2.32. The number of hydrogen-bond donors (Lipinski definition) is 2. The number of nitrogens with two attached hydrogens (primary N) is 1. The van der Waals surface area contributed by atoms with Gasteiger partial charge in [0.05, 0.1) is 17.8 Å². The molecule has 0 aromatic carbocycles. The molecule has 0 saturated carbocycles. The van der Waals surface area contributed by atoms with Crippen LogP contribution in [0.15, 0.2) is 12.3 Å². The number of aryl methyl sites for hydroxylation is 1. The van der Waals surface area contributed by atoms with Crippen molar-refractivity contribution in [2.75, 3.05) is 6.61 Å². The molecular formula is C11H20N4O. The standard InChI is InChI=1S/C11H20N4O/c1-3-15-10(4-6-13-15)11(14-12)9-5-7-16-8(9)2/h4,6,8-9,11,14H,3,5,7,12H2,1-2H3. The Kier molecular flexibility index (Phi) is 3.58. The minimum Gasteiger partial charge on any atom is -0.378 e. The summed E-state index contributed by atoms with van der Waals surface area (Å²) in [7, 11) is 0. The van der Waals surface area contributed by atoms with Crippen LogP contribution in [0.25, 0.3) is 0 Å². The van der Waals surface area contributed by atoms with Crippen LogP contribution in [0.1, 0.15) is 32.0 Å². The summed E-state index contributed by atoms with van der Waals surface area (Å²) in [6.07, 6.45) is 3.12. The minimum atomic E-state index is 0.125. The monoisotopic (exact) mass is 224 g/mol. The van der Waals surface area contributed by atoms with Crippen molar-refractivity contribution in [3.05, 3.63) is 18.0 Å². The van der Waals surface area contributed by atoms with Gasteiger partial charge in [-0.05, 0) is 26.3 Å². The molecule has 0 bridgehead atoms. The van der Waals surface area contributed by atoms with E-state index in [0.29, 0.717) is 5.92 Å². The highest BCUT2D eigenvalue weighted by molar-refractivity contribution is 5.09. The molecule has 90 valence electrons. The van der Waals surface area contributed by atoms with Crippen molar-refractivity contribution in [1.82, 2.24) is 15.2 Å². The molecule has 3 N–H and O–H groups in total. The molecule has 1 aliphatic heterocycles. The van der Waals surface area contributed by atoms with Gasteiger partial charge < -0.3 is 4.74 Å². The third-order valence-electron chi connectivity index (χ3n) is 3.41. The van der Waals surface area contributed by atoms with Crippen molar-refractivity contribution in [3.8, 4) is 0 Å². The summed E-state index contributed by atoms with van der Waals surface area (Å²) >= 11 is 0. The first kappa shape index (κ1) is 11.6. The average molecular weight is 224 g/mol. The summed E-state index contributed by atoms with van der Waals surface area (Å²) < 4.78 is 7.58. The average Bonchev–Trinajstić information content (AvgIpc) is 2.90. The topological polar surface area (TPSA) is 65.1 Å². The van der Waals surface area contributed by atoms with Gasteiger partial charge in [0.15, 0.2) is 0 Å². The van der Waals surface area contributed by atoms with E-state index in [-0.39, 0.29) is 12.1 Å². The second-order valence-corrected chi connectivity index (χ2v) is 4.24. The fourth-order valence-electron chi connectivity index (χ4n) is 2.49. The van der Waals surface area contributed by atoms with Crippen molar-refractivity contribution < 1.29 is 4.74 Å². The van der Waals surface area contributed by atoms with Crippen LogP contribution in [0.4, 0.5) is 0 Å². The van der Waals surface area contributed by atoms with Gasteiger partial charge in [-0.15, -0.1) is 0 Å². The number of nitrogens with one attached hydrogen (secondary N) is 1. The van der Waals surface area contributed by atoms with Crippen molar-refractivity contribution in [2.24, 2.45) is 11.8 Å². The lowest BCUT2D eigenvalue weighted by molar-refractivity contribution is 0.0943. The van der Waals surface area contributed by atoms with Crippen molar-refractivity contribution in [3.63, 3.8) is 0 Å². The van der Waals surface area contributed by atoms with Gasteiger partial charge in [-0.1, -0.05) is 0 Å². The molecule has 2 rings (SSSR count). The number of hydrazine groups is 1. The normalized spacial score (nSPS) is 27.2. The maximum atomic E-state index is 5.68. The lowest BCUT2D eigenvalue weighted by Gasteiger charge is -2.25. The van der Waals surface area contributed by atoms with E-state index in [0.717, 1.165) is 25.3 Å². The van der Waals surface area contributed by atoms with Crippen LogP contribution >= 0.6 is 0 Å². The summed E-state index contributed by atoms with van der Waals surface area (Å²) in [6, 6.07) is 2.15. The Morgan fingerprint density at radius 1 is 1.75 bits per heavy atom. The highest BCUT2D eigenvalue weighted by Gasteiger charge is 2.33. The molecule has 1 aromatic heterocycles. The van der Waals surface area contributed by atoms with E-state index in [2.05, 4.69) is 24.4 Å². The summed E-state index contributed by atoms with van der Waals surface area (Å²) in [4.78, 5) is 0. The van der Waals surface area contributed by atoms with E-state index < -0.39 is 0 Å². The van der Waals surface area contributed by atoms with Gasteiger partial charge in [-0.2, -0.15) is 5.10 Å². The molecule has 0 spiro atoms. The second kappa shape index (κ2) is 4.95. The molecule has 16 heavy (non-hydrogen) atoms. The van der Waals surface area contributed by atoms with E-state index in [9.17, 15) is 0 Å². The number of nitrogens with zero attached hydrogens (tertiary/aromatic N) is 2. The zero-order valence-electron chi connectivity index (χ0n) is 9.89. The fourth-order valence-corrected chi connectivity index (χ4v) is 2.49. The van der Waals surface area contributed by atoms with Gasteiger partial charge in [-0.25, -0.2) is 0 Å². The third kappa shape index (κ3) is 1.98. The first-order valence-corrected chi connectivity index (χ1v) is 5.87. The van der Waals surface area contributed by atoms with E-state index in [1.54, 1.807) is 0 Å². The summed E-state index contributed by atoms with van der Waals surface area (Å²) in [6.45, 7) is 5.88. The number of aromatic nitrogens is 2. The van der Waals surface area contributed by atoms with Crippen LogP contribution in [0.2, 0.25) is 0 Å². The molecule has 5 nitrogen and oxygen atoms in total. The van der Waals surface area contributed by atoms with Crippen LogP contribution in [0.3, 0.4) is 0 Å². The van der Waals surface area contributed by atoms with Crippen molar-refractivity contribution in [1.29, 1.82) is 0 Å². The molecule has 1 aliphatic rings. The van der Waals surface area contributed by atoms with Crippen LogP contribution in [-0.2, 0) is 11.3 Å². The smallest absolute Gasteiger partial charge is 0.0682 e. The fraction of sp³-hybridized carbons (Fsp3) is 0.727. The van der Waals surface area contributed by atoms with Crippen LogP contribution in [-0.4, -0.2) is 22.5 Å². The second-order valence-electron chi connectivity index (χ2n) is 4.24. The van der Waals surface area contributed by atoms with Gasteiger partial charge >= 0.3 is 0 Å². The number of ether oxygens (including phenoxy) is 1. The Morgan fingerprint density at radius 3 is 3.12 bits per heavy atom. The van der Waals surface area contributed by atoms with Gasteiger partial charge in [0.2, 0.25) is 0 Å². The Morgan fingerprint density at radius 2 is 2.56 bits per heavy atom. The molecule has 1 saturated heterocycles. The SMILES string of the molecule is CCn1nccc1C(NN)C1CCOC1C. The van der Waals surface area contributed by atoms with Crippen molar-refractivity contribution >= 4 is 0 Å². The van der Waals surface area contributed by atoms with Crippen molar-refractivity contribution in [2.45, 2.75) is 39.0 Å². The van der Waals surface area contributed by atoms with Gasteiger partial charge in [-0.3, -0.25) is 16.0 Å². The first-order valence-electron chi connectivity index (χ1n) is 5.87. The molecule has 0 aliphatic carbocycles. The Bertz CT molecular complexity index is 338. The maximum Gasteiger partial charge on any atom is 0.0682 e. The Balaban J connectivity index is 2.21. The molecule has 2 heterocycles. The Labute approximate surface area is 95.9 Å². The molecule has 3 atom stereocenters. The van der Waals surface area contributed by atoms with Gasteiger partial charge in [0.25, 0.3) is 0 Å². The zero-order chi connectivity index (χ0) is 11.5. The van der Waals surface area contributed by atoms with E-state index in [1.807, 2.05) is 16.9 Å². The molecule has 5 heteroatoms. The first-order chi connectivity index (χ1) is 7.77. The quantitative estimate of drug-likeness (QED) is 0.587. The molecule has 0 amide bonds. The number of rotatable bonds is 4. The highest BCUT2D eigenvalue weighted by atomic mass is 16.5. The molecular weight excluding hydrogens is 204 g/mol. The lowest BCUT2D eigenvalue weighted by Crippen LogP contribution is -2.37. The van der Waals surface area contributed by atoms with E-state index in [4.69, 9.17) is 10.6 Å². The molecule has 1 aromatic rings. The predicted molar refractivity (Wildman–Crippen MR) is 61.5 cm³/mol. The zero-order valence-corrected chi connectivity index (χ0v) is 9.89. The van der Waals surface area contributed by atoms with Gasteiger partial charge in [0, 0.05) is 25.3 Å². The summed E-state index contributed by atoms with van der Waals surface area (Å²) in [5.41, 5.74) is 4.06. The van der Waals surface area contributed by atoms with Crippen LogP contribution in [0.5, 0.6) is 0 Å². The Hall–Kier alpha value is -0.910. The van der Waals surface area contributed by atoms with E-state index >= 15 is 0 Å². The minimum absolute atomic E-state index is 0.125. The van der Waals surface area contributed by atoms with Crippen LogP contribution < -0.4 is 11.3 Å². The molecule has 1 fully saturated rings. The third-order valence-corrected chi connectivity index (χ3v) is 3.41. The number of hydrogen-bond acceptors (Lipinski definition) is 4. The largest absolute Gasteiger partial charge is 0.378 e. The van der Waals surface area contributed by atoms with Crippen LogP contribution in [0, 0.1) is 5.92 Å². The predicted octanol–water partition coefficient (Wildman–Crippen LogP) is 0.832. The van der Waals surface area contributed by atoms with Gasteiger partial charge in [0.1, 0.15) is 0 Å². The summed E-state index contributed by atoms with van der Waals surface area (Å²) in [5, 5.41) is 4.28. The van der Waals surface area contributed by atoms with E-state index in [1.165, 1.54) is 0 Å².